The van der Waals surface area contributed by atoms with Crippen molar-refractivity contribution in [3.05, 3.63) is 42.5 Å². The van der Waals surface area contributed by atoms with Crippen LogP contribution in [-0.4, -0.2) is 29.9 Å². The summed E-state index contributed by atoms with van der Waals surface area (Å²) in [5, 5.41) is 5.35. The van der Waals surface area contributed by atoms with Crippen LogP contribution < -0.4 is 5.32 Å². The van der Waals surface area contributed by atoms with E-state index < -0.39 is 0 Å². The summed E-state index contributed by atoms with van der Waals surface area (Å²) in [5.74, 6) is 0.0910. The van der Waals surface area contributed by atoms with Crippen molar-refractivity contribution < 1.29 is 4.79 Å². The number of benzene rings is 2. The normalized spacial score (nSPS) is 17.6. The highest BCUT2D eigenvalue weighted by atomic mass is 16.2. The second-order valence-corrected chi connectivity index (χ2v) is 5.79. The molecule has 0 radical (unpaired) electrons. The van der Waals surface area contributed by atoms with Gasteiger partial charge in [0.2, 0.25) is 5.91 Å². The zero-order chi connectivity index (χ0) is 14.7. The van der Waals surface area contributed by atoms with Gasteiger partial charge in [0.25, 0.3) is 0 Å². The van der Waals surface area contributed by atoms with E-state index >= 15 is 0 Å². The van der Waals surface area contributed by atoms with Gasteiger partial charge in [-0.2, -0.15) is 0 Å². The number of anilines is 1. The number of rotatable bonds is 3. The van der Waals surface area contributed by atoms with Crippen LogP contribution in [0.5, 0.6) is 0 Å². The fourth-order valence-corrected chi connectivity index (χ4v) is 3.04. The fraction of sp³-hybridized carbons (Fsp3) is 0.389. The van der Waals surface area contributed by atoms with E-state index in [0.717, 1.165) is 29.5 Å². The maximum atomic E-state index is 12.5. The average Bonchev–Trinajstić information content (AvgIpc) is 2.55. The number of amides is 1. The molecule has 1 N–H and O–H groups in total. The molecule has 0 aliphatic carbocycles. The Morgan fingerprint density at radius 2 is 1.76 bits per heavy atom. The molecule has 1 heterocycles. The summed E-state index contributed by atoms with van der Waals surface area (Å²) < 4.78 is 0. The summed E-state index contributed by atoms with van der Waals surface area (Å²) in [5.41, 5.74) is 0.905. The number of likely N-dealkylation sites (tertiary alicyclic amines) is 1. The van der Waals surface area contributed by atoms with E-state index in [-0.39, 0.29) is 11.9 Å². The molecule has 2 aromatic carbocycles. The summed E-state index contributed by atoms with van der Waals surface area (Å²) in [7, 11) is 0. The zero-order valence-electron chi connectivity index (χ0n) is 12.5. The standard InChI is InChI=1S/C18H22N2O/c1-14(20-12-5-2-6-13-20)18(21)19-17-11-7-9-15-8-3-4-10-16(15)17/h3-4,7-11,14H,2,5-6,12-13H2,1H3,(H,19,21)/t14-/m0/s1. The number of carbonyl (C=O) groups is 1. The maximum absolute atomic E-state index is 12.5. The van der Waals surface area contributed by atoms with Gasteiger partial charge in [0.05, 0.1) is 6.04 Å². The first-order chi connectivity index (χ1) is 10.3. The van der Waals surface area contributed by atoms with Crippen LogP contribution in [0.1, 0.15) is 26.2 Å². The lowest BCUT2D eigenvalue weighted by Crippen LogP contribution is -2.44. The number of piperidine rings is 1. The quantitative estimate of drug-likeness (QED) is 0.932. The topological polar surface area (TPSA) is 32.3 Å². The van der Waals surface area contributed by atoms with E-state index in [9.17, 15) is 4.79 Å². The summed E-state index contributed by atoms with van der Waals surface area (Å²) in [4.78, 5) is 14.8. The first-order valence-corrected chi connectivity index (χ1v) is 7.78. The molecule has 3 rings (SSSR count). The van der Waals surface area contributed by atoms with Gasteiger partial charge in [-0.3, -0.25) is 9.69 Å². The fourth-order valence-electron chi connectivity index (χ4n) is 3.04. The molecule has 21 heavy (non-hydrogen) atoms. The van der Waals surface area contributed by atoms with E-state index in [2.05, 4.69) is 28.4 Å². The highest BCUT2D eigenvalue weighted by Gasteiger charge is 2.23. The Balaban J connectivity index is 1.76. The first-order valence-electron chi connectivity index (χ1n) is 7.78. The van der Waals surface area contributed by atoms with Gasteiger partial charge in [0.15, 0.2) is 0 Å². The number of fused-ring (bicyclic) bond motifs is 1. The molecule has 1 saturated heterocycles. The van der Waals surface area contributed by atoms with E-state index in [4.69, 9.17) is 0 Å². The molecule has 3 nitrogen and oxygen atoms in total. The van der Waals surface area contributed by atoms with Gasteiger partial charge >= 0.3 is 0 Å². The number of hydrogen-bond acceptors (Lipinski definition) is 2. The van der Waals surface area contributed by atoms with E-state index in [1.807, 2.05) is 31.2 Å². The third-order valence-corrected chi connectivity index (χ3v) is 4.37. The highest BCUT2D eigenvalue weighted by molar-refractivity contribution is 6.03. The van der Waals surface area contributed by atoms with Gasteiger partial charge in [-0.25, -0.2) is 0 Å². The molecule has 1 amide bonds. The molecule has 0 spiro atoms. The van der Waals surface area contributed by atoms with Crippen molar-refractivity contribution in [1.82, 2.24) is 4.90 Å². The minimum absolute atomic E-state index is 0.0655. The molecule has 110 valence electrons. The van der Waals surface area contributed by atoms with Crippen molar-refractivity contribution in [3.8, 4) is 0 Å². The maximum Gasteiger partial charge on any atom is 0.241 e. The Morgan fingerprint density at radius 3 is 2.57 bits per heavy atom. The molecule has 0 saturated carbocycles. The number of hydrogen-bond donors (Lipinski definition) is 1. The van der Waals surface area contributed by atoms with Gasteiger partial charge in [-0.1, -0.05) is 42.8 Å². The van der Waals surface area contributed by atoms with Gasteiger partial charge in [-0.05, 0) is 44.3 Å². The van der Waals surface area contributed by atoms with E-state index in [0.29, 0.717) is 0 Å². The average molecular weight is 282 g/mol. The Morgan fingerprint density at radius 1 is 1.05 bits per heavy atom. The van der Waals surface area contributed by atoms with Gasteiger partial charge in [-0.15, -0.1) is 0 Å². The van der Waals surface area contributed by atoms with Gasteiger partial charge in [0, 0.05) is 11.1 Å². The summed E-state index contributed by atoms with van der Waals surface area (Å²) >= 11 is 0. The molecule has 1 fully saturated rings. The van der Waals surface area contributed by atoms with Crippen molar-refractivity contribution >= 4 is 22.4 Å². The Kier molecular flexibility index (Phi) is 4.20. The molecule has 1 aliphatic heterocycles. The minimum Gasteiger partial charge on any atom is -0.324 e. The molecular formula is C18H22N2O. The molecule has 0 aromatic heterocycles. The second kappa shape index (κ2) is 6.27. The van der Waals surface area contributed by atoms with Crippen molar-refractivity contribution in [2.24, 2.45) is 0 Å². The third-order valence-electron chi connectivity index (χ3n) is 4.37. The van der Waals surface area contributed by atoms with Crippen molar-refractivity contribution in [2.75, 3.05) is 18.4 Å². The molecule has 2 aromatic rings. The van der Waals surface area contributed by atoms with Crippen LogP contribution in [0.2, 0.25) is 0 Å². The lowest BCUT2D eigenvalue weighted by molar-refractivity contribution is -0.121. The van der Waals surface area contributed by atoms with Crippen LogP contribution in [0, 0.1) is 0 Å². The van der Waals surface area contributed by atoms with Gasteiger partial charge < -0.3 is 5.32 Å². The van der Waals surface area contributed by atoms with Crippen molar-refractivity contribution in [2.45, 2.75) is 32.2 Å². The van der Waals surface area contributed by atoms with E-state index in [1.165, 1.54) is 19.3 Å². The smallest absolute Gasteiger partial charge is 0.241 e. The Hall–Kier alpha value is -1.87. The Labute approximate surface area is 125 Å². The number of nitrogens with zero attached hydrogens (tertiary/aromatic N) is 1. The molecule has 0 unspecified atom stereocenters. The number of carbonyl (C=O) groups excluding carboxylic acids is 1. The minimum atomic E-state index is -0.0655. The van der Waals surface area contributed by atoms with Crippen LogP contribution >= 0.6 is 0 Å². The largest absolute Gasteiger partial charge is 0.324 e. The van der Waals surface area contributed by atoms with Gasteiger partial charge in [0.1, 0.15) is 0 Å². The molecule has 1 aliphatic rings. The van der Waals surface area contributed by atoms with Crippen LogP contribution in [0.15, 0.2) is 42.5 Å². The molecule has 3 heteroatoms. The second-order valence-electron chi connectivity index (χ2n) is 5.79. The van der Waals surface area contributed by atoms with Crippen LogP contribution in [0.4, 0.5) is 5.69 Å². The summed E-state index contributed by atoms with van der Waals surface area (Å²) in [6.07, 6.45) is 3.69. The molecular weight excluding hydrogens is 260 g/mol. The summed E-state index contributed by atoms with van der Waals surface area (Å²) in [6, 6.07) is 14.1. The predicted molar refractivity (Wildman–Crippen MR) is 87.5 cm³/mol. The van der Waals surface area contributed by atoms with Crippen LogP contribution in [0.25, 0.3) is 10.8 Å². The first kappa shape index (κ1) is 14.1. The highest BCUT2D eigenvalue weighted by Crippen LogP contribution is 2.23. The van der Waals surface area contributed by atoms with Crippen LogP contribution in [0.3, 0.4) is 0 Å². The lowest BCUT2D eigenvalue weighted by atomic mass is 10.1. The van der Waals surface area contributed by atoms with Crippen LogP contribution in [-0.2, 0) is 4.79 Å². The lowest BCUT2D eigenvalue weighted by Gasteiger charge is -2.31. The monoisotopic (exact) mass is 282 g/mol. The summed E-state index contributed by atoms with van der Waals surface area (Å²) in [6.45, 7) is 4.07. The molecule has 0 bridgehead atoms. The van der Waals surface area contributed by atoms with Crippen molar-refractivity contribution in [1.29, 1.82) is 0 Å². The van der Waals surface area contributed by atoms with E-state index in [1.54, 1.807) is 0 Å². The Bertz CT molecular complexity index is 627. The SMILES string of the molecule is C[C@@H](C(=O)Nc1cccc2ccccc12)N1CCCCC1. The number of nitrogens with one attached hydrogen (secondary N) is 1. The predicted octanol–water partition coefficient (Wildman–Crippen LogP) is 3.65. The third kappa shape index (κ3) is 3.08. The zero-order valence-corrected chi connectivity index (χ0v) is 12.5. The van der Waals surface area contributed by atoms with Crippen molar-refractivity contribution in [3.63, 3.8) is 0 Å². The molecule has 1 atom stereocenters.